The topological polar surface area (TPSA) is 15.7 Å². The third-order valence-electron chi connectivity index (χ3n) is 14.6. The minimum absolute atomic E-state index is 0.185. The zero-order valence-corrected chi connectivity index (χ0v) is 45.9. The molecule has 0 saturated carbocycles. The Hall–Kier alpha value is 2.34. The first-order valence-electron chi connectivity index (χ1n) is 21.9. The van der Waals surface area contributed by atoms with Gasteiger partial charge in [-0.05, 0) is 122 Å². The summed E-state index contributed by atoms with van der Waals surface area (Å²) in [6.45, 7) is 33.0. The minimum atomic E-state index is -2.90. The summed E-state index contributed by atoms with van der Waals surface area (Å²) in [6, 6.07) is 18.2. The fourth-order valence-corrected chi connectivity index (χ4v) is 48.7. The van der Waals surface area contributed by atoms with Crippen LogP contribution in [0.3, 0.4) is 0 Å². The second kappa shape index (κ2) is 24.3. The number of hydrogen-bond donors (Lipinski definition) is 0. The van der Waals surface area contributed by atoms with Crippen LogP contribution in [0, 0.1) is 0 Å². The molecule has 0 rings (SSSR count). The van der Waals surface area contributed by atoms with Gasteiger partial charge >= 0.3 is 0 Å². The molecule has 0 aromatic carbocycles. The first-order valence-corrected chi connectivity index (χ1v) is 40.8. The second-order valence-electron chi connectivity index (χ2n) is 15.9. The molecule has 4 atom stereocenters. The molecule has 0 aliphatic rings. The van der Waals surface area contributed by atoms with Crippen LogP contribution in [0.5, 0.6) is 0 Å². The summed E-state index contributed by atoms with van der Waals surface area (Å²) < 4.78 is 13.6. The van der Waals surface area contributed by atoms with Gasteiger partial charge < -0.3 is 13.2 Å². The third-order valence-corrected chi connectivity index (χ3v) is 51.5. The van der Waals surface area contributed by atoms with Crippen LogP contribution in [-0.4, -0.2) is 78.3 Å². The Morgan fingerprint density at radius 3 is 0.686 bits per heavy atom. The third kappa shape index (κ3) is 12.2. The molecule has 0 aromatic heterocycles. The molecule has 0 spiro atoms. The van der Waals surface area contributed by atoms with Crippen LogP contribution in [0.2, 0.25) is 84.6 Å². The molecule has 0 aliphatic carbocycles. The van der Waals surface area contributed by atoms with Gasteiger partial charge in [-0.15, -0.1) is 44.3 Å². The lowest BCUT2D eigenvalue weighted by atomic mass is 10.3. The highest BCUT2D eigenvalue weighted by atomic mass is 35.7. The first-order chi connectivity index (χ1) is 23.9. The Labute approximate surface area is 346 Å². The van der Waals surface area contributed by atoms with E-state index in [1.165, 1.54) is 72.5 Å². The molecule has 0 heterocycles. The van der Waals surface area contributed by atoms with Crippen molar-refractivity contribution in [1.82, 2.24) is 8.46 Å². The van der Waals surface area contributed by atoms with Crippen LogP contribution in [0.15, 0.2) is 0 Å². The number of rotatable bonds is 30. The van der Waals surface area contributed by atoms with E-state index >= 15 is 0 Å². The minimum Gasteiger partial charge on any atom is -0.376 e. The van der Waals surface area contributed by atoms with Gasteiger partial charge in [0.15, 0.2) is 0 Å². The van der Waals surface area contributed by atoms with E-state index in [1.807, 2.05) is 0 Å². The highest BCUT2D eigenvalue weighted by Crippen LogP contribution is 2.45. The number of halogens is 4. The summed E-state index contributed by atoms with van der Waals surface area (Å²) >= 11 is 31.0. The van der Waals surface area contributed by atoms with E-state index in [2.05, 4.69) is 119 Å². The molecular formula is C38H88Cl4N2OSi6. The van der Waals surface area contributed by atoms with Crippen molar-refractivity contribution in [3.63, 3.8) is 0 Å². The number of hydrogen-bond acceptors (Lipinski definition) is 3. The van der Waals surface area contributed by atoms with Crippen molar-refractivity contribution in [2.45, 2.75) is 245 Å². The number of ether oxygens (including phenoxy) is 1. The molecule has 308 valence electrons. The van der Waals surface area contributed by atoms with Gasteiger partial charge in [-0.3, -0.25) is 0 Å². The summed E-state index contributed by atoms with van der Waals surface area (Å²) in [5, 5.41) is 0. The fourth-order valence-electron chi connectivity index (χ4n) is 10.5. The van der Waals surface area contributed by atoms with E-state index in [1.54, 1.807) is 0 Å². The van der Waals surface area contributed by atoms with Gasteiger partial charge in [0.25, 0.3) is 13.4 Å². The molecule has 0 fully saturated rings. The van der Waals surface area contributed by atoms with Gasteiger partial charge in [0, 0.05) is 0 Å². The molecule has 13 heteroatoms. The van der Waals surface area contributed by atoms with Crippen LogP contribution in [-0.2, 0) is 4.74 Å². The predicted molar refractivity (Wildman–Crippen MR) is 254 cm³/mol. The molecule has 0 saturated heterocycles. The fraction of sp³-hybridized carbons (Fsp3) is 1.00. The van der Waals surface area contributed by atoms with E-state index in [0.717, 1.165) is 37.8 Å². The first kappa shape index (κ1) is 53.3. The van der Waals surface area contributed by atoms with Gasteiger partial charge in [0.05, 0.1) is 11.5 Å². The van der Waals surface area contributed by atoms with Gasteiger partial charge in [-0.1, -0.05) is 111 Å². The molecule has 4 unspecified atom stereocenters. The Balaban J connectivity index is 6.95. The summed E-state index contributed by atoms with van der Waals surface area (Å²) in [5.41, 5.74) is -0.371. The van der Waals surface area contributed by atoms with E-state index in [9.17, 15) is 0 Å². The quantitative estimate of drug-likeness (QED) is 0.0528. The molecule has 0 radical (unpaired) electrons. The van der Waals surface area contributed by atoms with Gasteiger partial charge in [0.1, 0.15) is 32.9 Å². The maximum absolute atomic E-state index is 7.76. The van der Waals surface area contributed by atoms with Crippen molar-refractivity contribution in [2.75, 3.05) is 0 Å². The van der Waals surface area contributed by atoms with Crippen LogP contribution >= 0.6 is 44.3 Å². The lowest BCUT2D eigenvalue weighted by Gasteiger charge is -2.57. The Bertz CT molecular complexity index is 791. The van der Waals surface area contributed by atoms with Crippen molar-refractivity contribution < 1.29 is 4.74 Å². The molecule has 0 aliphatic heterocycles. The second-order valence-corrected chi connectivity index (χ2v) is 51.4. The standard InChI is InChI=1S/C38H88Cl4N2OSi6/c1-17-35(43(46(21-5,22-6)23-7)47(24-8,25-9)26-10)33-50(39,40)37(19-3)45-38(20-4)51(41,42)34-36(18-2)44(48(27-11,28-12)29-13)49(30-14,31-15)32-16/h35-38H,17-34H2,1-16H3. The largest absolute Gasteiger partial charge is 0.376 e. The van der Waals surface area contributed by atoms with Crippen LogP contribution < -0.4 is 0 Å². The van der Waals surface area contributed by atoms with E-state index < -0.39 is 46.3 Å². The SMILES string of the molecule is CCC(C[Si](Cl)(Cl)C(CC)OC(CC)[Si](Cl)(Cl)CC(CC)N([Si](CC)(CC)CC)[Si](CC)(CC)CC)N([Si](CC)(CC)CC)[Si](CC)(CC)CC. The monoisotopic (exact) mass is 896 g/mol. The molecular weight excluding hydrogens is 811 g/mol. The zero-order valence-electron chi connectivity index (χ0n) is 36.9. The Morgan fingerprint density at radius 2 is 0.549 bits per heavy atom. The highest BCUT2D eigenvalue weighted by molar-refractivity contribution is 7.46. The predicted octanol–water partition coefficient (Wildman–Crippen LogP) is 15.7. The van der Waals surface area contributed by atoms with Crippen molar-refractivity contribution >= 4 is 90.6 Å². The van der Waals surface area contributed by atoms with Crippen molar-refractivity contribution in [2.24, 2.45) is 0 Å². The van der Waals surface area contributed by atoms with E-state index in [0.29, 0.717) is 12.1 Å². The molecule has 0 amide bonds. The molecule has 0 N–H and O–H groups in total. The Kier molecular flexibility index (Phi) is 25.4. The normalized spacial score (nSPS) is 16.6. The van der Waals surface area contributed by atoms with Crippen molar-refractivity contribution in [3.05, 3.63) is 0 Å². The van der Waals surface area contributed by atoms with Crippen LogP contribution in [0.25, 0.3) is 0 Å². The number of nitrogens with zero attached hydrogens (tertiary/aromatic N) is 2. The van der Waals surface area contributed by atoms with Crippen molar-refractivity contribution in [3.8, 4) is 0 Å². The maximum atomic E-state index is 7.76. The Morgan fingerprint density at radius 1 is 0.353 bits per heavy atom. The molecule has 0 bridgehead atoms. The maximum Gasteiger partial charge on any atom is 0.280 e. The summed E-state index contributed by atoms with van der Waals surface area (Å²) in [4.78, 5) is 0. The smallest absolute Gasteiger partial charge is 0.280 e. The van der Waals surface area contributed by atoms with Crippen LogP contribution in [0.1, 0.15) is 136 Å². The molecule has 0 aromatic rings. The average Bonchev–Trinajstić information content (AvgIpc) is 3.14. The summed E-state index contributed by atoms with van der Waals surface area (Å²) in [7, 11) is -6.80. The van der Waals surface area contributed by atoms with E-state index in [-0.39, 0.29) is 11.5 Å². The van der Waals surface area contributed by atoms with Gasteiger partial charge in [0.2, 0.25) is 0 Å². The van der Waals surface area contributed by atoms with Gasteiger partial charge in [-0.25, -0.2) is 0 Å². The molecule has 51 heavy (non-hydrogen) atoms. The summed E-state index contributed by atoms with van der Waals surface area (Å²) in [6.07, 6.45) is 3.80. The molecule has 3 nitrogen and oxygen atoms in total. The van der Waals surface area contributed by atoms with Gasteiger partial charge in [-0.2, -0.15) is 0 Å². The zero-order chi connectivity index (χ0) is 39.9. The van der Waals surface area contributed by atoms with E-state index in [4.69, 9.17) is 49.1 Å². The summed E-state index contributed by atoms with van der Waals surface area (Å²) in [5.74, 6) is 0. The highest BCUT2D eigenvalue weighted by Gasteiger charge is 2.55. The van der Waals surface area contributed by atoms with Crippen LogP contribution in [0.4, 0.5) is 0 Å². The lowest BCUT2D eigenvalue weighted by molar-refractivity contribution is 0.0672. The lowest BCUT2D eigenvalue weighted by Crippen LogP contribution is -2.70. The average molecular weight is 899 g/mol. The van der Waals surface area contributed by atoms with Crippen molar-refractivity contribution in [1.29, 1.82) is 0 Å².